The second-order valence-corrected chi connectivity index (χ2v) is 3.64. The van der Waals surface area contributed by atoms with Gasteiger partial charge in [-0.2, -0.15) is 0 Å². The molecular formula is C10H9NO3S. The van der Waals surface area contributed by atoms with Crippen LogP contribution >= 0.6 is 11.8 Å². The number of aldehydes is 1. The lowest BCUT2D eigenvalue weighted by molar-refractivity contribution is -0.129. The molecule has 78 valence electrons. The van der Waals surface area contributed by atoms with Gasteiger partial charge in [-0.05, 0) is 18.4 Å². The van der Waals surface area contributed by atoms with Crippen molar-refractivity contribution >= 4 is 29.6 Å². The van der Waals surface area contributed by atoms with E-state index in [2.05, 4.69) is 4.98 Å². The van der Waals surface area contributed by atoms with E-state index in [0.29, 0.717) is 0 Å². The summed E-state index contributed by atoms with van der Waals surface area (Å²) in [6.45, 7) is 0. The molecule has 0 saturated carbocycles. The lowest BCUT2D eigenvalue weighted by Gasteiger charge is -1.99. The number of pyridine rings is 1. The van der Waals surface area contributed by atoms with Crippen molar-refractivity contribution in [3.05, 3.63) is 24.0 Å². The molecule has 5 heteroatoms. The average molecular weight is 223 g/mol. The normalized spacial score (nSPS) is 9.67. The lowest BCUT2D eigenvalue weighted by Crippen LogP contribution is -2.10. The third kappa shape index (κ3) is 3.28. The lowest BCUT2D eigenvalue weighted by atomic mass is 10.1. The standard InChI is InChI=1S/C10H9NO3S/c1-15-8-2-3-11-9(5-8)10(14)4-7(13)6-12/h2-3,5-6H,4H2,1H3. The molecule has 0 saturated heterocycles. The molecule has 1 aromatic rings. The maximum Gasteiger partial charge on any atom is 0.202 e. The van der Waals surface area contributed by atoms with Gasteiger partial charge >= 0.3 is 0 Å². The van der Waals surface area contributed by atoms with Crippen LogP contribution in [0.15, 0.2) is 23.2 Å². The summed E-state index contributed by atoms with van der Waals surface area (Å²) in [5, 5.41) is 0. The van der Waals surface area contributed by atoms with Crippen LogP contribution in [0.25, 0.3) is 0 Å². The van der Waals surface area contributed by atoms with E-state index in [0.717, 1.165) is 4.90 Å². The van der Waals surface area contributed by atoms with Crippen LogP contribution in [0.5, 0.6) is 0 Å². The molecule has 0 amide bonds. The Labute approximate surface area is 91.1 Å². The van der Waals surface area contributed by atoms with Gasteiger partial charge in [-0.25, -0.2) is 0 Å². The molecule has 0 aliphatic carbocycles. The van der Waals surface area contributed by atoms with Crippen LogP contribution in [0.2, 0.25) is 0 Å². The fraction of sp³-hybridized carbons (Fsp3) is 0.200. The van der Waals surface area contributed by atoms with Gasteiger partial charge in [0.05, 0.1) is 6.42 Å². The van der Waals surface area contributed by atoms with E-state index in [9.17, 15) is 14.4 Å². The molecule has 0 aromatic carbocycles. The summed E-state index contributed by atoms with van der Waals surface area (Å²) >= 11 is 1.48. The fourth-order valence-corrected chi connectivity index (χ4v) is 1.41. The van der Waals surface area contributed by atoms with Crippen LogP contribution in [0.3, 0.4) is 0 Å². The van der Waals surface area contributed by atoms with Crippen LogP contribution in [-0.2, 0) is 9.59 Å². The van der Waals surface area contributed by atoms with Crippen molar-refractivity contribution in [2.45, 2.75) is 11.3 Å². The number of carbonyl (C=O) groups is 3. The Kier molecular flexibility index (Phi) is 4.17. The highest BCUT2D eigenvalue weighted by molar-refractivity contribution is 7.98. The van der Waals surface area contributed by atoms with E-state index >= 15 is 0 Å². The summed E-state index contributed by atoms with van der Waals surface area (Å²) in [6, 6.07) is 3.37. The third-order valence-electron chi connectivity index (χ3n) is 1.72. The summed E-state index contributed by atoms with van der Waals surface area (Å²) in [6.07, 6.45) is 3.12. The molecule has 0 aliphatic heterocycles. The second-order valence-electron chi connectivity index (χ2n) is 2.77. The first kappa shape index (κ1) is 11.6. The van der Waals surface area contributed by atoms with Crippen molar-refractivity contribution in [3.63, 3.8) is 0 Å². The maximum atomic E-state index is 11.4. The number of Topliss-reactive ketones (excluding diaryl/α,β-unsaturated/α-hetero) is 2. The van der Waals surface area contributed by atoms with E-state index in [1.165, 1.54) is 18.0 Å². The first-order valence-corrected chi connectivity index (χ1v) is 5.41. The van der Waals surface area contributed by atoms with Gasteiger partial charge in [-0.1, -0.05) is 0 Å². The van der Waals surface area contributed by atoms with Gasteiger partial charge in [0.1, 0.15) is 5.69 Å². The second kappa shape index (κ2) is 5.41. The van der Waals surface area contributed by atoms with Gasteiger partial charge in [-0.3, -0.25) is 19.4 Å². The average Bonchev–Trinajstić information content (AvgIpc) is 2.28. The molecule has 0 bridgehead atoms. The summed E-state index contributed by atoms with van der Waals surface area (Å²) in [4.78, 5) is 37.0. The predicted molar refractivity (Wildman–Crippen MR) is 56.0 cm³/mol. The molecule has 0 aliphatic rings. The maximum absolute atomic E-state index is 11.4. The van der Waals surface area contributed by atoms with Crippen LogP contribution in [0, 0.1) is 0 Å². The number of ketones is 2. The zero-order chi connectivity index (χ0) is 11.3. The minimum absolute atomic E-state index is 0.149. The molecule has 0 radical (unpaired) electrons. The number of aromatic nitrogens is 1. The minimum atomic E-state index is -0.726. The summed E-state index contributed by atoms with van der Waals surface area (Å²) in [5.41, 5.74) is 0.219. The van der Waals surface area contributed by atoms with Gasteiger partial charge < -0.3 is 0 Å². The molecule has 1 aromatic heterocycles. The van der Waals surface area contributed by atoms with Crippen LogP contribution in [0.1, 0.15) is 16.9 Å². The topological polar surface area (TPSA) is 64.1 Å². The Morgan fingerprint density at radius 3 is 2.87 bits per heavy atom. The molecule has 1 rings (SSSR count). The molecule has 0 N–H and O–H groups in total. The largest absolute Gasteiger partial charge is 0.295 e. The highest BCUT2D eigenvalue weighted by atomic mass is 32.2. The van der Waals surface area contributed by atoms with Crippen molar-refractivity contribution in [2.75, 3.05) is 6.26 Å². The fourth-order valence-electron chi connectivity index (χ4n) is 0.981. The van der Waals surface area contributed by atoms with Gasteiger partial charge in [0.25, 0.3) is 0 Å². The zero-order valence-corrected chi connectivity index (χ0v) is 8.91. The highest BCUT2D eigenvalue weighted by Gasteiger charge is 2.12. The summed E-state index contributed by atoms with van der Waals surface area (Å²) in [5.74, 6) is -1.15. The predicted octanol–water partition coefficient (Wildman–Crippen LogP) is 1.14. The quantitative estimate of drug-likeness (QED) is 0.246. The number of thioether (sulfide) groups is 1. The van der Waals surface area contributed by atoms with Crippen molar-refractivity contribution < 1.29 is 14.4 Å². The number of hydrogen-bond donors (Lipinski definition) is 0. The van der Waals surface area contributed by atoms with E-state index in [1.54, 1.807) is 12.1 Å². The monoisotopic (exact) mass is 223 g/mol. The Morgan fingerprint density at radius 1 is 1.53 bits per heavy atom. The SMILES string of the molecule is CSc1ccnc(C(=O)CC(=O)C=O)c1. The van der Waals surface area contributed by atoms with Gasteiger partial charge in [0, 0.05) is 11.1 Å². The molecule has 15 heavy (non-hydrogen) atoms. The van der Waals surface area contributed by atoms with E-state index in [-0.39, 0.29) is 12.0 Å². The molecule has 0 unspecified atom stereocenters. The van der Waals surface area contributed by atoms with Crippen molar-refractivity contribution in [1.82, 2.24) is 4.98 Å². The summed E-state index contributed by atoms with van der Waals surface area (Å²) in [7, 11) is 0. The number of hydrogen-bond acceptors (Lipinski definition) is 5. The first-order valence-electron chi connectivity index (χ1n) is 4.18. The molecule has 1 heterocycles. The Bertz CT molecular complexity index is 403. The van der Waals surface area contributed by atoms with Crippen LogP contribution in [-0.4, -0.2) is 29.1 Å². The Balaban J connectivity index is 2.81. The number of nitrogens with zero attached hydrogens (tertiary/aromatic N) is 1. The Hall–Kier alpha value is -1.49. The van der Waals surface area contributed by atoms with Crippen molar-refractivity contribution in [1.29, 1.82) is 0 Å². The van der Waals surface area contributed by atoms with Crippen LogP contribution in [0.4, 0.5) is 0 Å². The van der Waals surface area contributed by atoms with E-state index in [1.807, 2.05) is 6.26 Å². The van der Waals surface area contributed by atoms with Crippen molar-refractivity contribution in [2.24, 2.45) is 0 Å². The number of rotatable bonds is 5. The summed E-state index contributed by atoms with van der Waals surface area (Å²) < 4.78 is 0. The smallest absolute Gasteiger partial charge is 0.202 e. The Morgan fingerprint density at radius 2 is 2.27 bits per heavy atom. The van der Waals surface area contributed by atoms with Gasteiger partial charge in [0.15, 0.2) is 12.1 Å². The van der Waals surface area contributed by atoms with Crippen LogP contribution < -0.4 is 0 Å². The van der Waals surface area contributed by atoms with E-state index in [4.69, 9.17) is 0 Å². The zero-order valence-electron chi connectivity index (χ0n) is 8.10. The molecule has 0 spiro atoms. The highest BCUT2D eigenvalue weighted by Crippen LogP contribution is 2.14. The minimum Gasteiger partial charge on any atom is -0.295 e. The first-order chi connectivity index (χ1) is 7.17. The third-order valence-corrected chi connectivity index (χ3v) is 2.44. The molecule has 0 fully saturated rings. The molecular weight excluding hydrogens is 214 g/mol. The van der Waals surface area contributed by atoms with E-state index < -0.39 is 18.0 Å². The van der Waals surface area contributed by atoms with Crippen molar-refractivity contribution in [3.8, 4) is 0 Å². The number of carbonyl (C=O) groups excluding carboxylic acids is 3. The molecule has 0 atom stereocenters. The van der Waals surface area contributed by atoms with Gasteiger partial charge in [0.2, 0.25) is 5.78 Å². The molecule has 4 nitrogen and oxygen atoms in total. The van der Waals surface area contributed by atoms with Gasteiger partial charge in [-0.15, -0.1) is 11.8 Å².